The molecule has 0 amide bonds. The van der Waals surface area contributed by atoms with Crippen LogP contribution in [0.4, 0.5) is 0 Å². The van der Waals surface area contributed by atoms with Crippen LogP contribution in [0.5, 0.6) is 0 Å². The standard InChI is InChI=1S/C38H80N.Al.4H2O/c1-5-7-9-11-13-15-17-19-21-23-25-27-29-31-33-35-37-39(3,4)38-36-34-32-30-28-26-24-22-20-18-16-14-12-10-8-6-2;;;;;/h5-38H2,1-4H3;;4*1H2/q+1;+3;;;;/p-4. The number of hydrogen-bond donors (Lipinski definition) is 0. The molecule has 0 aliphatic rings. The molecule has 0 aromatic carbocycles. The van der Waals surface area contributed by atoms with Gasteiger partial charge in [0.15, 0.2) is 0 Å². The molecule has 0 heterocycles. The SMILES string of the molecule is CCCCCCCCCCCCCCCCCC[N+](C)(C)CCCCCCCCCCCCCCCCCC.[Al+3].[OH-].[OH-].[OH-].[OH-]. The molecule has 0 aliphatic heterocycles. The Labute approximate surface area is 289 Å². The summed E-state index contributed by atoms with van der Waals surface area (Å²) in [7, 11) is 4.94. The maximum atomic E-state index is 2.47. The minimum absolute atomic E-state index is 0. The summed E-state index contributed by atoms with van der Waals surface area (Å²) in [6, 6.07) is 0. The van der Waals surface area contributed by atoms with E-state index in [1.165, 1.54) is 223 Å². The third-order valence-electron chi connectivity index (χ3n) is 9.23. The normalized spacial score (nSPS) is 10.6. The second-order valence-corrected chi connectivity index (χ2v) is 14.0. The number of quaternary nitrogens is 1. The van der Waals surface area contributed by atoms with Crippen molar-refractivity contribution in [3.05, 3.63) is 0 Å². The Kier molecular flexibility index (Phi) is 61.5. The van der Waals surface area contributed by atoms with Gasteiger partial charge in [-0.1, -0.05) is 194 Å². The Morgan fingerprint density at radius 2 is 0.386 bits per heavy atom. The average Bonchev–Trinajstić information content (AvgIpc) is 2.92. The van der Waals surface area contributed by atoms with Crippen LogP contribution in [0.2, 0.25) is 0 Å². The molecule has 0 aliphatic carbocycles. The topological polar surface area (TPSA) is 120 Å². The average molecular weight is 646 g/mol. The van der Waals surface area contributed by atoms with E-state index in [1.807, 2.05) is 0 Å². The summed E-state index contributed by atoms with van der Waals surface area (Å²) in [5, 5.41) is 0. The van der Waals surface area contributed by atoms with E-state index in [0.29, 0.717) is 0 Å². The molecule has 0 fully saturated rings. The summed E-state index contributed by atoms with van der Waals surface area (Å²) in [5.74, 6) is 0. The van der Waals surface area contributed by atoms with Gasteiger partial charge in [-0.05, 0) is 25.7 Å². The molecule has 0 saturated carbocycles. The first-order chi connectivity index (χ1) is 19.1. The molecule has 5 nitrogen and oxygen atoms in total. The molecule has 0 spiro atoms. The fourth-order valence-electron chi connectivity index (χ4n) is 6.29. The van der Waals surface area contributed by atoms with E-state index < -0.39 is 0 Å². The van der Waals surface area contributed by atoms with Gasteiger partial charge in [-0.3, -0.25) is 0 Å². The second-order valence-electron chi connectivity index (χ2n) is 14.0. The Morgan fingerprint density at radius 3 is 0.545 bits per heavy atom. The predicted molar refractivity (Wildman–Crippen MR) is 194 cm³/mol. The van der Waals surface area contributed by atoms with Gasteiger partial charge in [0.05, 0.1) is 27.2 Å². The Hall–Kier alpha value is 0.332. The molecular weight excluding hydrogens is 561 g/mol. The van der Waals surface area contributed by atoms with E-state index in [2.05, 4.69) is 27.9 Å². The van der Waals surface area contributed by atoms with Crippen molar-refractivity contribution < 1.29 is 26.4 Å². The number of nitrogens with zero attached hydrogens (tertiary/aromatic N) is 1. The van der Waals surface area contributed by atoms with Gasteiger partial charge < -0.3 is 26.4 Å². The summed E-state index contributed by atoms with van der Waals surface area (Å²) in [6.45, 7) is 7.39. The van der Waals surface area contributed by atoms with Crippen LogP contribution in [-0.2, 0) is 0 Å². The Bertz CT molecular complexity index is 417. The largest absolute Gasteiger partial charge is 3.00 e. The van der Waals surface area contributed by atoms with Gasteiger partial charge in [0.1, 0.15) is 0 Å². The van der Waals surface area contributed by atoms with Gasteiger partial charge >= 0.3 is 17.4 Å². The smallest absolute Gasteiger partial charge is 0.870 e. The van der Waals surface area contributed by atoms with Crippen LogP contribution in [0.1, 0.15) is 219 Å². The summed E-state index contributed by atoms with van der Waals surface area (Å²) >= 11 is 0. The van der Waals surface area contributed by atoms with Crippen molar-refractivity contribution >= 4 is 17.4 Å². The van der Waals surface area contributed by atoms with Crippen LogP contribution >= 0.6 is 0 Å². The molecule has 0 aromatic rings. The molecule has 268 valence electrons. The molecular formula is C38H84AlNO4. The van der Waals surface area contributed by atoms with Gasteiger partial charge in [-0.15, -0.1) is 0 Å². The molecule has 0 bridgehead atoms. The Balaban J connectivity index is -0.000000722. The zero-order valence-electron chi connectivity index (χ0n) is 30.9. The van der Waals surface area contributed by atoms with Gasteiger partial charge in [0, 0.05) is 0 Å². The predicted octanol–water partition coefficient (Wildman–Crippen LogP) is 12.5. The van der Waals surface area contributed by atoms with Crippen molar-refractivity contribution in [2.45, 2.75) is 219 Å². The van der Waals surface area contributed by atoms with E-state index >= 15 is 0 Å². The van der Waals surface area contributed by atoms with Crippen molar-refractivity contribution in [3.8, 4) is 0 Å². The molecule has 4 N–H and O–H groups in total. The van der Waals surface area contributed by atoms with E-state index in [1.54, 1.807) is 0 Å². The van der Waals surface area contributed by atoms with E-state index in [-0.39, 0.29) is 39.3 Å². The van der Waals surface area contributed by atoms with Crippen LogP contribution in [-0.4, -0.2) is 70.9 Å². The molecule has 0 radical (unpaired) electrons. The van der Waals surface area contributed by atoms with Crippen molar-refractivity contribution in [2.75, 3.05) is 27.2 Å². The van der Waals surface area contributed by atoms with Gasteiger partial charge in [0.25, 0.3) is 0 Å². The number of rotatable bonds is 34. The summed E-state index contributed by atoms with van der Waals surface area (Å²) in [5.41, 5.74) is 0. The Morgan fingerprint density at radius 1 is 0.250 bits per heavy atom. The third kappa shape index (κ3) is 49.2. The fourth-order valence-corrected chi connectivity index (χ4v) is 6.29. The fraction of sp³-hybridized carbons (Fsp3) is 1.00. The molecule has 0 atom stereocenters. The van der Waals surface area contributed by atoms with Crippen LogP contribution in [0.25, 0.3) is 0 Å². The quantitative estimate of drug-likeness (QED) is 0.0392. The molecule has 0 aromatic heterocycles. The van der Waals surface area contributed by atoms with Crippen LogP contribution < -0.4 is 0 Å². The van der Waals surface area contributed by atoms with E-state index in [4.69, 9.17) is 0 Å². The van der Waals surface area contributed by atoms with Crippen LogP contribution in [0.3, 0.4) is 0 Å². The third-order valence-corrected chi connectivity index (χ3v) is 9.23. The molecule has 0 rings (SSSR count). The maximum absolute atomic E-state index is 2.47. The number of unbranched alkanes of at least 4 members (excludes halogenated alkanes) is 30. The van der Waals surface area contributed by atoms with Gasteiger partial charge in [-0.2, -0.15) is 0 Å². The first-order valence-corrected chi connectivity index (χ1v) is 18.9. The van der Waals surface area contributed by atoms with Gasteiger partial charge in [-0.25, -0.2) is 0 Å². The van der Waals surface area contributed by atoms with Gasteiger partial charge in [0.2, 0.25) is 0 Å². The second kappa shape index (κ2) is 47.7. The molecule has 0 saturated heterocycles. The molecule has 6 heteroatoms. The molecule has 0 unspecified atom stereocenters. The number of hydrogen-bond acceptors (Lipinski definition) is 4. The van der Waals surface area contributed by atoms with Crippen molar-refractivity contribution in [3.63, 3.8) is 0 Å². The minimum atomic E-state index is 0. The first-order valence-electron chi connectivity index (χ1n) is 18.9. The molecule has 44 heavy (non-hydrogen) atoms. The summed E-state index contributed by atoms with van der Waals surface area (Å²) in [6.07, 6.45) is 46.9. The minimum Gasteiger partial charge on any atom is -0.870 e. The zero-order chi connectivity index (χ0) is 28.5. The van der Waals surface area contributed by atoms with E-state index in [9.17, 15) is 0 Å². The summed E-state index contributed by atoms with van der Waals surface area (Å²) < 4.78 is 1.25. The maximum Gasteiger partial charge on any atom is 3.00 e. The summed E-state index contributed by atoms with van der Waals surface area (Å²) in [4.78, 5) is 0. The monoisotopic (exact) mass is 646 g/mol. The van der Waals surface area contributed by atoms with Crippen molar-refractivity contribution in [2.24, 2.45) is 0 Å². The van der Waals surface area contributed by atoms with Crippen molar-refractivity contribution in [1.29, 1.82) is 0 Å². The van der Waals surface area contributed by atoms with Crippen molar-refractivity contribution in [1.82, 2.24) is 0 Å². The van der Waals surface area contributed by atoms with Crippen LogP contribution in [0.15, 0.2) is 0 Å². The zero-order valence-corrected chi connectivity index (χ0v) is 32.0. The van der Waals surface area contributed by atoms with Crippen LogP contribution in [0, 0.1) is 0 Å². The first kappa shape index (κ1) is 56.7. The van der Waals surface area contributed by atoms with E-state index in [0.717, 1.165) is 0 Å².